The van der Waals surface area contributed by atoms with Gasteiger partial charge in [0.05, 0.1) is 22.3 Å². The van der Waals surface area contributed by atoms with E-state index >= 15 is 0 Å². The molecule has 0 spiro atoms. The quantitative estimate of drug-likeness (QED) is 0.157. The van der Waals surface area contributed by atoms with Crippen molar-refractivity contribution in [2.75, 3.05) is 0 Å². The molecule has 0 radical (unpaired) electrons. The molecule has 344 valence electrons. The van der Waals surface area contributed by atoms with Crippen LogP contribution in [0.3, 0.4) is 0 Å². The predicted octanol–water partition coefficient (Wildman–Crippen LogP) is 17.7. The van der Waals surface area contributed by atoms with E-state index in [1.165, 1.54) is 12.5 Å². The number of nitrogens with zero attached hydrogens (tertiary/aromatic N) is 3. The Kier molecular flexibility index (Phi) is 10.3. The SMILES string of the molecule is [2H]C(C)(C)c1cc(-n2c(-c3cc(C(C)C)cc(C(C)C)c3O)nc3c(-c4cc(-c5cc(-c6ccc(C(C)(C([2H])([2H])[2H])C([2H])([2H])[2H])cc6)ccn5)cc(C(C)(C)C)c4)cccc32)ccc1-c1ccccc1C(C)(C)C. The number of phenolic OH excluding ortho intramolecular Hbond substituents is 1. The summed E-state index contributed by atoms with van der Waals surface area (Å²) in [5, 5.41) is 12.4. The fourth-order valence-electron chi connectivity index (χ4n) is 9.22. The van der Waals surface area contributed by atoms with Crippen molar-refractivity contribution >= 4 is 11.0 Å². The molecule has 0 amide bonds. The minimum atomic E-state index is -2.75. The van der Waals surface area contributed by atoms with E-state index < -0.39 is 25.0 Å². The maximum absolute atomic E-state index is 12.4. The van der Waals surface area contributed by atoms with E-state index in [9.17, 15) is 6.48 Å². The van der Waals surface area contributed by atoms with Gasteiger partial charge in [-0.05, 0) is 144 Å². The Balaban J connectivity index is 1.36. The van der Waals surface area contributed by atoms with Gasteiger partial charge in [-0.15, -0.1) is 0 Å². The molecule has 1 N–H and O–H groups in total. The van der Waals surface area contributed by atoms with Crippen LogP contribution < -0.4 is 0 Å². The van der Waals surface area contributed by atoms with Crippen molar-refractivity contribution in [1.82, 2.24) is 14.5 Å². The highest BCUT2D eigenvalue weighted by Gasteiger charge is 2.27. The highest BCUT2D eigenvalue weighted by Crippen LogP contribution is 2.45. The van der Waals surface area contributed by atoms with E-state index in [0.717, 1.165) is 83.6 Å². The Bertz CT molecular complexity index is 3380. The van der Waals surface area contributed by atoms with Crippen molar-refractivity contribution in [1.29, 1.82) is 0 Å². The van der Waals surface area contributed by atoms with Crippen molar-refractivity contribution in [2.45, 2.75) is 138 Å². The summed E-state index contributed by atoms with van der Waals surface area (Å²) in [5.41, 5.74) is 13.1. The average molecular weight is 893 g/mol. The number of phenols is 1. The van der Waals surface area contributed by atoms with Gasteiger partial charge in [0.15, 0.2) is 0 Å². The normalized spacial score (nSPS) is 14.6. The molecule has 0 aliphatic carbocycles. The van der Waals surface area contributed by atoms with Crippen LogP contribution in [0.15, 0.2) is 134 Å². The lowest BCUT2D eigenvalue weighted by atomic mass is 9.80. The number of para-hydroxylation sites is 1. The largest absolute Gasteiger partial charge is 0.507 e. The van der Waals surface area contributed by atoms with Crippen LogP contribution in [-0.4, -0.2) is 19.6 Å². The van der Waals surface area contributed by atoms with Gasteiger partial charge in [0.2, 0.25) is 0 Å². The number of imidazole rings is 1. The molecule has 8 aromatic rings. The maximum atomic E-state index is 12.4. The van der Waals surface area contributed by atoms with E-state index in [1.54, 1.807) is 30.5 Å². The lowest BCUT2D eigenvalue weighted by Gasteiger charge is -2.25. The zero-order valence-corrected chi connectivity index (χ0v) is 41.6. The van der Waals surface area contributed by atoms with Crippen LogP contribution in [0.5, 0.6) is 5.75 Å². The van der Waals surface area contributed by atoms with E-state index in [4.69, 9.17) is 18.2 Å². The number of pyridine rings is 1. The van der Waals surface area contributed by atoms with Crippen LogP contribution in [-0.2, 0) is 16.2 Å². The van der Waals surface area contributed by atoms with Crippen LogP contribution in [0.1, 0.15) is 164 Å². The van der Waals surface area contributed by atoms with Gasteiger partial charge in [0.25, 0.3) is 0 Å². The first-order chi connectivity index (χ1) is 34.3. The summed E-state index contributed by atoms with van der Waals surface area (Å²) in [4.78, 5) is 10.5. The molecule has 0 saturated carbocycles. The van der Waals surface area contributed by atoms with Crippen LogP contribution in [0, 0.1) is 0 Å². The molecule has 0 aliphatic heterocycles. The third-order valence-corrected chi connectivity index (χ3v) is 13.2. The molecule has 2 aromatic heterocycles. The Labute approximate surface area is 411 Å². The van der Waals surface area contributed by atoms with Crippen molar-refractivity contribution in [3.8, 4) is 67.5 Å². The third kappa shape index (κ3) is 9.38. The van der Waals surface area contributed by atoms with Gasteiger partial charge >= 0.3 is 0 Å². The van der Waals surface area contributed by atoms with Gasteiger partial charge in [0.1, 0.15) is 11.6 Å². The first-order valence-corrected chi connectivity index (χ1v) is 23.7. The topological polar surface area (TPSA) is 50.9 Å². The summed E-state index contributed by atoms with van der Waals surface area (Å²) in [6.45, 7) is 21.4. The van der Waals surface area contributed by atoms with Crippen molar-refractivity contribution < 1.29 is 14.7 Å². The fourth-order valence-corrected chi connectivity index (χ4v) is 9.22. The van der Waals surface area contributed by atoms with Crippen LogP contribution in [0.25, 0.3) is 72.7 Å². The minimum absolute atomic E-state index is 0.0439. The Morgan fingerprint density at radius 3 is 1.91 bits per heavy atom. The number of aromatic hydroxyl groups is 1. The molecule has 6 aromatic carbocycles. The molecule has 0 saturated heterocycles. The molecule has 0 atom stereocenters. The molecule has 0 unspecified atom stereocenters. The highest BCUT2D eigenvalue weighted by molar-refractivity contribution is 5.97. The fraction of sp³-hybridized carbons (Fsp3) is 0.333. The second kappa shape index (κ2) is 17.8. The molecular weight excluding hydrogens is 815 g/mol. The summed E-state index contributed by atoms with van der Waals surface area (Å²) in [7, 11) is 0. The Morgan fingerprint density at radius 2 is 1.25 bits per heavy atom. The molecule has 2 heterocycles. The average Bonchev–Trinajstić information content (AvgIpc) is 3.71. The highest BCUT2D eigenvalue weighted by atomic mass is 16.3. The third-order valence-electron chi connectivity index (χ3n) is 13.2. The summed E-state index contributed by atoms with van der Waals surface area (Å²) >= 11 is 0. The van der Waals surface area contributed by atoms with Crippen molar-refractivity contribution in [2.24, 2.45) is 0 Å². The predicted molar refractivity (Wildman–Crippen MR) is 286 cm³/mol. The van der Waals surface area contributed by atoms with Crippen LogP contribution in [0.2, 0.25) is 0 Å². The second-order valence-electron chi connectivity index (χ2n) is 21.5. The first kappa shape index (κ1) is 38.8. The minimum Gasteiger partial charge on any atom is -0.507 e. The monoisotopic (exact) mass is 893 g/mol. The number of aromatic nitrogens is 3. The number of benzene rings is 6. The molecule has 67 heavy (non-hydrogen) atoms. The Hall–Kier alpha value is -6.26. The standard InChI is InChI=1S/C63H71N3O/c1-38(2)43-34-53(40(5)6)59(67)54(35-43)60-65-58-49(20-18-22-57(58)66(60)48-27-28-50(52(37-48)39(3)4)51-19-16-17-21-55(51)63(13,14)15)44-31-45(33-47(32-44)62(10,11)12)56-36-42(29-30-64-56)41-23-25-46(26-24-41)61(7,8)9/h16-40,67H,1-15H3/i7D3,8D3,39D. The smallest absolute Gasteiger partial charge is 0.149 e. The summed E-state index contributed by atoms with van der Waals surface area (Å²) in [6.07, 6.45) is 1.76. The van der Waals surface area contributed by atoms with Gasteiger partial charge in [-0.2, -0.15) is 0 Å². The van der Waals surface area contributed by atoms with Crippen LogP contribution >= 0.6 is 0 Å². The maximum Gasteiger partial charge on any atom is 0.149 e. The molecular formula is C63H71N3O. The lowest BCUT2D eigenvalue weighted by molar-refractivity contribution is 0.466. The summed E-state index contributed by atoms with van der Waals surface area (Å²) < 4.78 is 60.8. The van der Waals surface area contributed by atoms with Crippen molar-refractivity contribution in [3.63, 3.8) is 0 Å². The number of fused-ring (bicyclic) bond motifs is 1. The lowest BCUT2D eigenvalue weighted by Crippen LogP contribution is -2.13. The van der Waals surface area contributed by atoms with E-state index in [-0.39, 0.29) is 34.0 Å². The van der Waals surface area contributed by atoms with Crippen LogP contribution in [0.4, 0.5) is 0 Å². The molecule has 8 rings (SSSR count). The van der Waals surface area contributed by atoms with Crippen molar-refractivity contribution in [3.05, 3.63) is 167 Å². The number of rotatable bonds is 9. The van der Waals surface area contributed by atoms with E-state index in [1.807, 2.05) is 26.0 Å². The Morgan fingerprint density at radius 1 is 0.552 bits per heavy atom. The zero-order chi connectivity index (χ0) is 54.2. The number of hydrogen-bond acceptors (Lipinski definition) is 3. The van der Waals surface area contributed by atoms with Gasteiger partial charge in [-0.1, -0.05) is 183 Å². The first-order valence-electron chi connectivity index (χ1n) is 27.2. The van der Waals surface area contributed by atoms with Gasteiger partial charge in [-0.3, -0.25) is 9.55 Å². The second-order valence-corrected chi connectivity index (χ2v) is 21.5. The summed E-state index contributed by atoms with van der Waals surface area (Å²) in [6, 6.07) is 42.5. The molecule has 0 bridgehead atoms. The molecule has 4 nitrogen and oxygen atoms in total. The van der Waals surface area contributed by atoms with E-state index in [0.29, 0.717) is 11.4 Å². The summed E-state index contributed by atoms with van der Waals surface area (Å²) in [5.74, 6) is 0.0309. The van der Waals surface area contributed by atoms with E-state index in [2.05, 4.69) is 165 Å². The molecule has 0 aliphatic rings. The molecule has 4 heteroatoms. The zero-order valence-electron chi connectivity index (χ0n) is 48.6. The van der Waals surface area contributed by atoms with Gasteiger partial charge in [-0.25, -0.2) is 4.98 Å². The van der Waals surface area contributed by atoms with Gasteiger partial charge < -0.3 is 5.11 Å². The molecule has 0 fully saturated rings. The van der Waals surface area contributed by atoms with Gasteiger partial charge in [0, 0.05) is 32.6 Å². The number of hydrogen-bond donors (Lipinski definition) is 1.